The number of imide groups is 1. The number of carbonyl (C=O) groups is 2. The first-order chi connectivity index (χ1) is 16.5. The lowest BCUT2D eigenvalue weighted by atomic mass is 9.81. The van der Waals surface area contributed by atoms with E-state index in [0.717, 1.165) is 55.0 Å². The molecule has 3 aromatic rings. The SMILES string of the molecule is Cc1ccc([C@@]2(c3ccccc3)NC(=O)N(CN3CCN(Cc4cccs4)CC3)C2=O)cc1C. The Labute approximate surface area is 204 Å². The summed E-state index contributed by atoms with van der Waals surface area (Å²) in [5.74, 6) is -0.215. The number of thiophene rings is 1. The van der Waals surface area contributed by atoms with E-state index in [1.54, 1.807) is 11.3 Å². The van der Waals surface area contributed by atoms with Crippen LogP contribution in [0.2, 0.25) is 0 Å². The number of nitrogens with zero attached hydrogens (tertiary/aromatic N) is 3. The Bertz CT molecular complexity index is 1170. The first-order valence-electron chi connectivity index (χ1n) is 11.7. The lowest BCUT2D eigenvalue weighted by molar-refractivity contribution is -0.132. The fourth-order valence-corrected chi connectivity index (χ4v) is 5.58. The van der Waals surface area contributed by atoms with Crippen molar-refractivity contribution < 1.29 is 9.59 Å². The zero-order valence-electron chi connectivity index (χ0n) is 19.7. The van der Waals surface area contributed by atoms with Crippen molar-refractivity contribution in [1.82, 2.24) is 20.0 Å². The molecule has 0 aliphatic carbocycles. The molecule has 0 spiro atoms. The van der Waals surface area contributed by atoms with Gasteiger partial charge >= 0.3 is 6.03 Å². The normalized spacial score (nSPS) is 21.8. The molecule has 0 saturated carbocycles. The average Bonchev–Trinajstić information content (AvgIpc) is 3.45. The number of hydrogen-bond acceptors (Lipinski definition) is 5. The predicted molar refractivity (Wildman–Crippen MR) is 135 cm³/mol. The number of rotatable bonds is 6. The van der Waals surface area contributed by atoms with Crippen molar-refractivity contribution in [2.45, 2.75) is 25.9 Å². The van der Waals surface area contributed by atoms with Crippen LogP contribution in [0.4, 0.5) is 4.79 Å². The van der Waals surface area contributed by atoms with Crippen LogP contribution in [0.15, 0.2) is 66.0 Å². The fourth-order valence-electron chi connectivity index (χ4n) is 4.84. The second kappa shape index (κ2) is 9.33. The van der Waals surface area contributed by atoms with E-state index in [1.165, 1.54) is 9.78 Å². The number of carbonyl (C=O) groups excluding carboxylic acids is 2. The van der Waals surface area contributed by atoms with Crippen molar-refractivity contribution >= 4 is 23.3 Å². The Morgan fingerprint density at radius 3 is 2.26 bits per heavy atom. The molecular formula is C27H30N4O2S. The minimum atomic E-state index is -1.21. The van der Waals surface area contributed by atoms with E-state index in [-0.39, 0.29) is 11.9 Å². The molecule has 3 amide bonds. The molecule has 6 nitrogen and oxygen atoms in total. The maximum absolute atomic E-state index is 14.0. The summed E-state index contributed by atoms with van der Waals surface area (Å²) >= 11 is 1.78. The molecule has 2 saturated heterocycles. The van der Waals surface area contributed by atoms with Crippen LogP contribution >= 0.6 is 11.3 Å². The number of amides is 3. The zero-order valence-corrected chi connectivity index (χ0v) is 20.5. The topological polar surface area (TPSA) is 55.9 Å². The van der Waals surface area contributed by atoms with E-state index in [4.69, 9.17) is 0 Å². The van der Waals surface area contributed by atoms with Gasteiger partial charge in [-0.25, -0.2) is 9.69 Å². The van der Waals surface area contributed by atoms with Crippen molar-refractivity contribution in [2.24, 2.45) is 0 Å². The quantitative estimate of drug-likeness (QED) is 0.550. The Balaban J connectivity index is 1.36. The van der Waals surface area contributed by atoms with Gasteiger partial charge in [0.15, 0.2) is 5.54 Å². The molecule has 2 aliphatic heterocycles. The minimum Gasteiger partial charge on any atom is -0.315 e. The molecule has 0 radical (unpaired) electrons. The van der Waals surface area contributed by atoms with Crippen molar-refractivity contribution in [3.05, 3.63) is 93.2 Å². The minimum absolute atomic E-state index is 0.215. The van der Waals surface area contributed by atoms with Crippen LogP contribution in [-0.4, -0.2) is 59.5 Å². The Morgan fingerprint density at radius 1 is 0.853 bits per heavy atom. The molecule has 0 bridgehead atoms. The summed E-state index contributed by atoms with van der Waals surface area (Å²) in [6.07, 6.45) is 0. The van der Waals surface area contributed by atoms with Crippen LogP contribution in [0.25, 0.3) is 0 Å². The summed E-state index contributed by atoms with van der Waals surface area (Å²) in [4.78, 5) is 34.6. The van der Waals surface area contributed by atoms with Crippen molar-refractivity contribution in [3.63, 3.8) is 0 Å². The summed E-state index contributed by atoms with van der Waals surface area (Å²) in [6.45, 7) is 8.83. The third-order valence-corrected chi connectivity index (χ3v) is 7.88. The number of urea groups is 1. The van der Waals surface area contributed by atoms with E-state index < -0.39 is 5.54 Å². The van der Waals surface area contributed by atoms with Crippen LogP contribution in [0.3, 0.4) is 0 Å². The van der Waals surface area contributed by atoms with Gasteiger partial charge in [-0.05, 0) is 47.5 Å². The second-order valence-electron chi connectivity index (χ2n) is 9.19. The predicted octanol–water partition coefficient (Wildman–Crippen LogP) is 3.94. The van der Waals surface area contributed by atoms with Gasteiger partial charge in [0, 0.05) is 37.6 Å². The summed E-state index contributed by atoms with van der Waals surface area (Å²) in [6, 6.07) is 19.5. The molecule has 2 fully saturated rings. The molecule has 3 heterocycles. The van der Waals surface area contributed by atoms with Gasteiger partial charge in [-0.3, -0.25) is 14.6 Å². The molecule has 2 aromatic carbocycles. The van der Waals surface area contributed by atoms with E-state index in [9.17, 15) is 9.59 Å². The van der Waals surface area contributed by atoms with Gasteiger partial charge in [0.2, 0.25) is 0 Å². The number of piperazine rings is 1. The van der Waals surface area contributed by atoms with Crippen LogP contribution < -0.4 is 5.32 Å². The monoisotopic (exact) mass is 474 g/mol. The van der Waals surface area contributed by atoms with Crippen LogP contribution in [-0.2, 0) is 16.9 Å². The highest BCUT2D eigenvalue weighted by atomic mass is 32.1. The standard InChI is InChI=1S/C27H30N4O2S/c1-20-10-11-23(17-21(20)2)27(22-7-4-3-5-8-22)25(32)31(26(33)28-27)19-30-14-12-29(13-15-30)18-24-9-6-16-34-24/h3-11,16-17H,12-15,18-19H2,1-2H3,(H,28,33)/t27-/m1/s1. The van der Waals surface area contributed by atoms with Crippen molar-refractivity contribution in [1.29, 1.82) is 0 Å². The van der Waals surface area contributed by atoms with Crippen molar-refractivity contribution in [3.8, 4) is 0 Å². The third kappa shape index (κ3) is 4.15. The maximum Gasteiger partial charge on any atom is 0.326 e. The smallest absolute Gasteiger partial charge is 0.315 e. The van der Waals surface area contributed by atoms with E-state index in [2.05, 4.69) is 32.6 Å². The fraction of sp³-hybridized carbons (Fsp3) is 0.333. The lowest BCUT2D eigenvalue weighted by Crippen LogP contribution is -2.51. The van der Waals surface area contributed by atoms with Crippen molar-refractivity contribution in [2.75, 3.05) is 32.8 Å². The highest BCUT2D eigenvalue weighted by molar-refractivity contribution is 7.09. The molecule has 0 unspecified atom stereocenters. The first kappa shape index (κ1) is 22.8. The zero-order chi connectivity index (χ0) is 23.7. The van der Waals surface area contributed by atoms with E-state index in [1.807, 2.05) is 62.4 Å². The summed E-state index contributed by atoms with van der Waals surface area (Å²) in [7, 11) is 0. The lowest BCUT2D eigenvalue weighted by Gasteiger charge is -2.36. The van der Waals surface area contributed by atoms with Gasteiger partial charge in [-0.1, -0.05) is 54.6 Å². The largest absolute Gasteiger partial charge is 0.326 e. The maximum atomic E-state index is 14.0. The van der Waals surface area contributed by atoms with Gasteiger partial charge in [0.05, 0.1) is 6.67 Å². The van der Waals surface area contributed by atoms with Crippen LogP contribution in [0.5, 0.6) is 0 Å². The van der Waals surface area contributed by atoms with Gasteiger partial charge < -0.3 is 5.32 Å². The Kier molecular flexibility index (Phi) is 6.25. The van der Waals surface area contributed by atoms with Gasteiger partial charge in [-0.15, -0.1) is 11.3 Å². The number of nitrogens with one attached hydrogen (secondary N) is 1. The second-order valence-corrected chi connectivity index (χ2v) is 10.2. The number of hydrogen-bond donors (Lipinski definition) is 1. The Hall–Kier alpha value is -3.00. The number of aryl methyl sites for hydroxylation is 2. The molecule has 1 N–H and O–H groups in total. The molecule has 5 rings (SSSR count). The Morgan fingerprint density at radius 2 is 1.59 bits per heavy atom. The molecule has 1 atom stereocenters. The molecular weight excluding hydrogens is 444 g/mol. The van der Waals surface area contributed by atoms with Gasteiger partial charge in [-0.2, -0.15) is 0 Å². The summed E-state index contributed by atoms with van der Waals surface area (Å²) < 4.78 is 0. The summed E-state index contributed by atoms with van der Waals surface area (Å²) in [5, 5.41) is 5.19. The highest BCUT2D eigenvalue weighted by Crippen LogP contribution is 2.37. The van der Waals surface area contributed by atoms with E-state index >= 15 is 0 Å². The third-order valence-electron chi connectivity index (χ3n) is 7.02. The summed E-state index contributed by atoms with van der Waals surface area (Å²) in [5.41, 5.74) is 2.61. The van der Waals surface area contributed by atoms with E-state index in [0.29, 0.717) is 6.67 Å². The molecule has 1 aromatic heterocycles. The van der Waals surface area contributed by atoms with Crippen LogP contribution in [0, 0.1) is 13.8 Å². The molecule has 7 heteroatoms. The molecule has 2 aliphatic rings. The molecule has 176 valence electrons. The average molecular weight is 475 g/mol. The first-order valence-corrected chi connectivity index (χ1v) is 12.6. The van der Waals surface area contributed by atoms with Gasteiger partial charge in [0.1, 0.15) is 0 Å². The van der Waals surface area contributed by atoms with Gasteiger partial charge in [0.25, 0.3) is 5.91 Å². The highest BCUT2D eigenvalue weighted by Gasteiger charge is 2.54. The number of benzene rings is 2. The van der Waals surface area contributed by atoms with Crippen LogP contribution in [0.1, 0.15) is 27.1 Å². The molecule has 34 heavy (non-hydrogen) atoms.